The van der Waals surface area contributed by atoms with Crippen LogP contribution in [-0.4, -0.2) is 41.4 Å². The Kier molecular flexibility index (Phi) is 2.91. The second-order valence-corrected chi connectivity index (χ2v) is 2.89. The highest BCUT2D eigenvalue weighted by molar-refractivity contribution is 6.02. The van der Waals surface area contributed by atoms with Gasteiger partial charge >= 0.3 is 6.03 Å². The maximum absolute atomic E-state index is 11.4. The van der Waals surface area contributed by atoms with Crippen molar-refractivity contribution >= 4 is 11.9 Å². The van der Waals surface area contributed by atoms with E-state index in [1.807, 2.05) is 6.92 Å². The normalized spacial score (nSPS) is 16.6. The summed E-state index contributed by atoms with van der Waals surface area (Å²) in [5.74, 6) is 2.20. The monoisotopic (exact) mass is 180 g/mol. The minimum absolute atomic E-state index is 0.128. The molecule has 1 aliphatic rings. The molecule has 0 bridgehead atoms. The maximum Gasteiger partial charge on any atom is 0.328 e. The number of hydrogen-bond acceptors (Lipinski definition) is 2. The Morgan fingerprint density at radius 1 is 1.54 bits per heavy atom. The number of amides is 3. The van der Waals surface area contributed by atoms with Crippen LogP contribution < -0.4 is 0 Å². The zero-order valence-electron chi connectivity index (χ0n) is 7.62. The molecule has 0 aliphatic carbocycles. The smallest absolute Gasteiger partial charge is 0.304 e. The van der Waals surface area contributed by atoms with Crippen molar-refractivity contribution in [1.29, 1.82) is 0 Å². The molecule has 0 aromatic heterocycles. The molecule has 0 unspecified atom stereocenters. The summed E-state index contributed by atoms with van der Waals surface area (Å²) in [5.41, 5.74) is 0. The molecular formula is C9H12N2O2. The predicted molar refractivity (Wildman–Crippen MR) is 47.8 cm³/mol. The standard InChI is InChI=1S/C9H12N2O2/c1-3-5-10-7-8(12)11(6-4-2)9(10)13/h1H,4-7H2,2H3. The van der Waals surface area contributed by atoms with E-state index in [1.165, 1.54) is 9.80 Å². The first-order chi connectivity index (χ1) is 6.20. The molecule has 0 saturated carbocycles. The number of carbonyl (C=O) groups excluding carboxylic acids is 2. The van der Waals surface area contributed by atoms with E-state index in [2.05, 4.69) is 5.92 Å². The maximum atomic E-state index is 11.4. The second-order valence-electron chi connectivity index (χ2n) is 2.89. The van der Waals surface area contributed by atoms with E-state index in [4.69, 9.17) is 6.42 Å². The molecule has 1 heterocycles. The van der Waals surface area contributed by atoms with Gasteiger partial charge in [0.2, 0.25) is 5.91 Å². The third-order valence-corrected chi connectivity index (χ3v) is 1.86. The van der Waals surface area contributed by atoms with Crippen molar-refractivity contribution in [3.8, 4) is 12.3 Å². The van der Waals surface area contributed by atoms with Gasteiger partial charge in [-0.2, -0.15) is 0 Å². The van der Waals surface area contributed by atoms with Crippen LogP contribution in [0.25, 0.3) is 0 Å². The first-order valence-corrected chi connectivity index (χ1v) is 4.23. The van der Waals surface area contributed by atoms with Crippen LogP contribution in [0, 0.1) is 12.3 Å². The number of rotatable bonds is 3. The highest BCUT2D eigenvalue weighted by Crippen LogP contribution is 2.09. The van der Waals surface area contributed by atoms with Crippen LogP contribution in [0.3, 0.4) is 0 Å². The van der Waals surface area contributed by atoms with E-state index < -0.39 is 0 Å². The topological polar surface area (TPSA) is 40.6 Å². The lowest BCUT2D eigenvalue weighted by molar-refractivity contribution is -0.125. The fraction of sp³-hybridized carbons (Fsp3) is 0.556. The molecule has 0 spiro atoms. The van der Waals surface area contributed by atoms with Crippen LogP contribution in [0.5, 0.6) is 0 Å². The lowest BCUT2D eigenvalue weighted by atomic mass is 10.4. The van der Waals surface area contributed by atoms with Gasteiger partial charge in [-0.15, -0.1) is 6.42 Å². The van der Waals surface area contributed by atoms with Gasteiger partial charge in [-0.1, -0.05) is 12.8 Å². The van der Waals surface area contributed by atoms with Gasteiger partial charge in [-0.05, 0) is 6.42 Å². The minimum Gasteiger partial charge on any atom is -0.304 e. The molecule has 70 valence electrons. The number of nitrogens with zero attached hydrogens (tertiary/aromatic N) is 2. The van der Waals surface area contributed by atoms with Crippen LogP contribution >= 0.6 is 0 Å². The Morgan fingerprint density at radius 3 is 2.77 bits per heavy atom. The van der Waals surface area contributed by atoms with Gasteiger partial charge in [-0.3, -0.25) is 9.69 Å². The number of imide groups is 1. The molecule has 1 rings (SSSR count). The Labute approximate surface area is 77.5 Å². The van der Waals surface area contributed by atoms with Crippen molar-refractivity contribution in [1.82, 2.24) is 9.80 Å². The molecule has 0 aromatic rings. The van der Waals surface area contributed by atoms with Gasteiger partial charge in [0.05, 0.1) is 6.54 Å². The van der Waals surface area contributed by atoms with E-state index in [1.54, 1.807) is 0 Å². The van der Waals surface area contributed by atoms with Crippen molar-refractivity contribution in [2.45, 2.75) is 13.3 Å². The van der Waals surface area contributed by atoms with Crippen LogP contribution in [0.4, 0.5) is 4.79 Å². The molecule has 0 aromatic carbocycles. The zero-order valence-corrected chi connectivity index (χ0v) is 7.62. The Balaban J connectivity index is 2.65. The SMILES string of the molecule is C#CCN1CC(=O)N(CCC)C1=O. The lowest BCUT2D eigenvalue weighted by Gasteiger charge is -2.13. The lowest BCUT2D eigenvalue weighted by Crippen LogP contribution is -2.33. The molecule has 0 atom stereocenters. The van der Waals surface area contributed by atoms with Gasteiger partial charge < -0.3 is 4.90 Å². The number of carbonyl (C=O) groups is 2. The van der Waals surface area contributed by atoms with Crippen LogP contribution in [0.15, 0.2) is 0 Å². The van der Waals surface area contributed by atoms with Crippen molar-refractivity contribution in [3.63, 3.8) is 0 Å². The number of terminal acetylenes is 1. The summed E-state index contributed by atoms with van der Waals surface area (Å²) in [7, 11) is 0. The predicted octanol–water partition coefficient (Wildman–Crippen LogP) is 0.294. The van der Waals surface area contributed by atoms with E-state index in [0.29, 0.717) is 6.54 Å². The average molecular weight is 180 g/mol. The van der Waals surface area contributed by atoms with Crippen LogP contribution in [-0.2, 0) is 4.79 Å². The van der Waals surface area contributed by atoms with Crippen molar-refractivity contribution in [3.05, 3.63) is 0 Å². The van der Waals surface area contributed by atoms with Crippen molar-refractivity contribution in [2.24, 2.45) is 0 Å². The van der Waals surface area contributed by atoms with E-state index in [-0.39, 0.29) is 25.0 Å². The summed E-state index contributed by atoms with van der Waals surface area (Å²) in [5, 5.41) is 0. The Bertz CT molecular complexity index is 267. The van der Waals surface area contributed by atoms with Crippen molar-refractivity contribution in [2.75, 3.05) is 19.6 Å². The van der Waals surface area contributed by atoms with Crippen LogP contribution in [0.2, 0.25) is 0 Å². The van der Waals surface area contributed by atoms with E-state index >= 15 is 0 Å². The first kappa shape index (κ1) is 9.59. The molecule has 3 amide bonds. The molecule has 0 N–H and O–H groups in total. The summed E-state index contributed by atoms with van der Waals surface area (Å²) in [6.07, 6.45) is 5.84. The van der Waals surface area contributed by atoms with Crippen molar-refractivity contribution < 1.29 is 9.59 Å². The second kappa shape index (κ2) is 3.94. The van der Waals surface area contributed by atoms with Gasteiger partial charge in [0, 0.05) is 6.54 Å². The Hall–Kier alpha value is -1.50. The summed E-state index contributed by atoms with van der Waals surface area (Å²) < 4.78 is 0. The fourth-order valence-electron chi connectivity index (χ4n) is 1.27. The summed E-state index contributed by atoms with van der Waals surface area (Å²) in [4.78, 5) is 25.3. The molecule has 4 heteroatoms. The summed E-state index contributed by atoms with van der Waals surface area (Å²) >= 11 is 0. The molecule has 0 radical (unpaired) electrons. The molecule has 1 saturated heterocycles. The number of hydrogen-bond donors (Lipinski definition) is 0. The van der Waals surface area contributed by atoms with Gasteiger partial charge in [0.1, 0.15) is 6.54 Å². The third-order valence-electron chi connectivity index (χ3n) is 1.86. The van der Waals surface area contributed by atoms with Crippen LogP contribution in [0.1, 0.15) is 13.3 Å². The van der Waals surface area contributed by atoms with E-state index in [0.717, 1.165) is 6.42 Å². The zero-order chi connectivity index (χ0) is 9.84. The summed E-state index contributed by atoms with van der Waals surface area (Å²) in [6.45, 7) is 2.75. The minimum atomic E-state index is -0.259. The summed E-state index contributed by atoms with van der Waals surface area (Å²) in [6, 6.07) is -0.259. The molecule has 4 nitrogen and oxygen atoms in total. The quantitative estimate of drug-likeness (QED) is 0.463. The molecule has 1 fully saturated rings. The van der Waals surface area contributed by atoms with Gasteiger partial charge in [0.15, 0.2) is 0 Å². The highest BCUT2D eigenvalue weighted by atomic mass is 16.2. The fourth-order valence-corrected chi connectivity index (χ4v) is 1.27. The van der Waals surface area contributed by atoms with Gasteiger partial charge in [0.25, 0.3) is 0 Å². The Morgan fingerprint density at radius 2 is 2.23 bits per heavy atom. The van der Waals surface area contributed by atoms with Gasteiger partial charge in [-0.25, -0.2) is 4.79 Å². The first-order valence-electron chi connectivity index (χ1n) is 4.23. The van der Waals surface area contributed by atoms with E-state index in [9.17, 15) is 9.59 Å². The largest absolute Gasteiger partial charge is 0.328 e. The molecular weight excluding hydrogens is 168 g/mol. The average Bonchev–Trinajstić information content (AvgIpc) is 2.34. The molecule has 13 heavy (non-hydrogen) atoms. The molecule has 1 aliphatic heterocycles. The highest BCUT2D eigenvalue weighted by Gasteiger charge is 2.34. The number of urea groups is 1. The third kappa shape index (κ3) is 1.81.